The summed E-state index contributed by atoms with van der Waals surface area (Å²) in [6.45, 7) is 7.72. The highest BCUT2D eigenvalue weighted by atomic mass is 35.5. The molecular weight excluding hydrogens is 432 g/mol. The van der Waals surface area contributed by atoms with Crippen LogP contribution < -0.4 is 10.0 Å². The van der Waals surface area contributed by atoms with E-state index in [9.17, 15) is 13.2 Å². The number of nitrogens with one attached hydrogen (secondary N) is 2. The van der Waals surface area contributed by atoms with E-state index >= 15 is 0 Å². The number of carbonyl (C=O) groups excluding carboxylic acids is 1. The minimum atomic E-state index is -3.98. The topological polar surface area (TPSA) is 75.3 Å². The molecule has 0 spiro atoms. The second kappa shape index (κ2) is 9.12. The summed E-state index contributed by atoms with van der Waals surface area (Å²) < 4.78 is 28.4. The van der Waals surface area contributed by atoms with Crippen molar-refractivity contribution in [3.05, 3.63) is 93.5 Å². The van der Waals surface area contributed by atoms with Crippen LogP contribution in [0.3, 0.4) is 0 Å². The molecule has 0 bridgehead atoms. The lowest BCUT2D eigenvalue weighted by molar-refractivity contribution is 0.0939. The molecule has 0 fully saturated rings. The average Bonchev–Trinajstić information content (AvgIpc) is 2.71. The lowest BCUT2D eigenvalue weighted by Crippen LogP contribution is -2.27. The van der Waals surface area contributed by atoms with Crippen LogP contribution in [-0.4, -0.2) is 14.3 Å². The van der Waals surface area contributed by atoms with Crippen molar-refractivity contribution in [2.45, 2.75) is 38.6 Å². The Bertz CT molecular complexity index is 1220. The third-order valence-corrected chi connectivity index (χ3v) is 7.03. The summed E-state index contributed by atoms with van der Waals surface area (Å²) in [7, 11) is -3.98. The molecule has 0 saturated heterocycles. The van der Waals surface area contributed by atoms with Gasteiger partial charge in [-0.15, -0.1) is 0 Å². The number of carbonyl (C=O) groups is 1. The van der Waals surface area contributed by atoms with Gasteiger partial charge in [0.2, 0.25) is 0 Å². The van der Waals surface area contributed by atoms with Gasteiger partial charge < -0.3 is 5.32 Å². The highest BCUT2D eigenvalue weighted by Gasteiger charge is 2.21. The summed E-state index contributed by atoms with van der Waals surface area (Å²) in [5, 5.41) is 2.94. The molecule has 3 aromatic carbocycles. The van der Waals surface area contributed by atoms with Crippen LogP contribution in [0, 0.1) is 20.8 Å². The summed E-state index contributed by atoms with van der Waals surface area (Å²) in [6, 6.07) is 17.1. The van der Waals surface area contributed by atoms with Gasteiger partial charge in [0.25, 0.3) is 15.9 Å². The Labute approximate surface area is 188 Å². The normalized spacial score (nSPS) is 12.3. The van der Waals surface area contributed by atoms with E-state index in [1.165, 1.54) is 18.2 Å². The van der Waals surface area contributed by atoms with E-state index in [0.29, 0.717) is 5.69 Å². The van der Waals surface area contributed by atoms with E-state index < -0.39 is 10.0 Å². The molecule has 0 aliphatic carbocycles. The number of amides is 1. The molecule has 2 N–H and O–H groups in total. The molecule has 1 amide bonds. The van der Waals surface area contributed by atoms with Gasteiger partial charge in [-0.3, -0.25) is 9.52 Å². The number of sulfonamides is 1. The van der Waals surface area contributed by atoms with Crippen molar-refractivity contribution >= 4 is 33.2 Å². The predicted molar refractivity (Wildman–Crippen MR) is 125 cm³/mol. The van der Waals surface area contributed by atoms with Gasteiger partial charge >= 0.3 is 0 Å². The van der Waals surface area contributed by atoms with E-state index in [1.807, 2.05) is 58.0 Å². The van der Waals surface area contributed by atoms with Gasteiger partial charge in [-0.05, 0) is 74.7 Å². The molecule has 0 radical (unpaired) electrons. The monoisotopic (exact) mass is 456 g/mol. The number of benzene rings is 3. The van der Waals surface area contributed by atoms with Crippen molar-refractivity contribution in [3.8, 4) is 0 Å². The van der Waals surface area contributed by atoms with Crippen LogP contribution in [0.1, 0.15) is 45.6 Å². The zero-order valence-electron chi connectivity index (χ0n) is 17.9. The summed E-state index contributed by atoms with van der Waals surface area (Å²) in [6.07, 6.45) is 0. The number of hydrogen-bond donors (Lipinski definition) is 2. The van der Waals surface area contributed by atoms with Crippen LogP contribution in [-0.2, 0) is 10.0 Å². The molecule has 0 aliphatic rings. The molecule has 31 heavy (non-hydrogen) atoms. The van der Waals surface area contributed by atoms with Gasteiger partial charge in [0.1, 0.15) is 4.90 Å². The SMILES string of the molecule is Cc1ccc([C@H](C)NC(=O)c2ccc(Cl)c(S(=O)(=O)Nc3ccc(C)c(C)c3)c2)cc1. The number of halogens is 1. The van der Waals surface area contributed by atoms with Crippen LogP contribution in [0.2, 0.25) is 5.02 Å². The third kappa shape index (κ3) is 5.46. The maximum absolute atomic E-state index is 12.9. The fourth-order valence-electron chi connectivity index (χ4n) is 3.08. The first kappa shape index (κ1) is 22.8. The molecule has 5 nitrogen and oxygen atoms in total. The zero-order chi connectivity index (χ0) is 22.8. The third-order valence-electron chi connectivity index (χ3n) is 5.17. The van der Waals surface area contributed by atoms with E-state index in [2.05, 4.69) is 10.0 Å². The largest absolute Gasteiger partial charge is 0.346 e. The average molecular weight is 457 g/mol. The second-order valence-corrected chi connectivity index (χ2v) is 9.71. The summed E-state index contributed by atoms with van der Waals surface area (Å²) in [5.74, 6) is -0.382. The van der Waals surface area contributed by atoms with Gasteiger partial charge in [-0.25, -0.2) is 8.42 Å². The zero-order valence-corrected chi connectivity index (χ0v) is 19.4. The Morgan fingerprint density at radius 3 is 2.23 bits per heavy atom. The number of aryl methyl sites for hydroxylation is 3. The van der Waals surface area contributed by atoms with Crippen molar-refractivity contribution in [3.63, 3.8) is 0 Å². The standard InChI is InChI=1S/C24H25ClN2O3S/c1-15-5-8-19(9-6-15)18(4)26-24(28)20-10-12-22(25)23(14-20)31(29,30)27-21-11-7-16(2)17(3)13-21/h5-14,18,27H,1-4H3,(H,26,28)/t18-/m0/s1. The molecule has 1 atom stereocenters. The van der Waals surface area contributed by atoms with Gasteiger partial charge in [-0.1, -0.05) is 47.5 Å². The van der Waals surface area contributed by atoms with Crippen molar-refractivity contribution in [2.24, 2.45) is 0 Å². The van der Waals surface area contributed by atoms with Crippen LogP contribution in [0.4, 0.5) is 5.69 Å². The summed E-state index contributed by atoms with van der Waals surface area (Å²) >= 11 is 6.17. The van der Waals surface area contributed by atoms with E-state index in [0.717, 1.165) is 22.3 Å². The maximum Gasteiger partial charge on any atom is 0.263 e. The van der Waals surface area contributed by atoms with Crippen LogP contribution in [0.25, 0.3) is 0 Å². The Morgan fingerprint density at radius 1 is 0.903 bits per heavy atom. The first-order chi connectivity index (χ1) is 14.6. The quantitative estimate of drug-likeness (QED) is 0.510. The van der Waals surface area contributed by atoms with Crippen LogP contribution in [0.5, 0.6) is 0 Å². The van der Waals surface area contributed by atoms with Gasteiger partial charge in [0.05, 0.1) is 11.1 Å². The van der Waals surface area contributed by atoms with Gasteiger partial charge in [-0.2, -0.15) is 0 Å². The van der Waals surface area contributed by atoms with Crippen molar-refractivity contribution < 1.29 is 13.2 Å². The van der Waals surface area contributed by atoms with E-state index in [1.54, 1.807) is 12.1 Å². The first-order valence-electron chi connectivity index (χ1n) is 9.84. The predicted octanol–water partition coefficient (Wildman–Crippen LogP) is 5.56. The highest BCUT2D eigenvalue weighted by molar-refractivity contribution is 7.92. The molecule has 0 saturated carbocycles. The molecule has 3 aromatic rings. The van der Waals surface area contributed by atoms with Crippen LogP contribution >= 0.6 is 11.6 Å². The minimum absolute atomic E-state index is 0.0412. The molecule has 0 aliphatic heterocycles. The Balaban J connectivity index is 1.83. The molecule has 3 rings (SSSR count). The molecule has 0 unspecified atom stereocenters. The second-order valence-electron chi connectivity index (χ2n) is 7.66. The highest BCUT2D eigenvalue weighted by Crippen LogP contribution is 2.26. The van der Waals surface area contributed by atoms with Gasteiger partial charge in [0, 0.05) is 11.3 Å². The number of anilines is 1. The van der Waals surface area contributed by atoms with E-state index in [4.69, 9.17) is 11.6 Å². The maximum atomic E-state index is 12.9. The lowest BCUT2D eigenvalue weighted by Gasteiger charge is -2.16. The molecule has 7 heteroatoms. The fraction of sp³-hybridized carbons (Fsp3) is 0.208. The first-order valence-corrected chi connectivity index (χ1v) is 11.7. The van der Waals surface area contributed by atoms with Crippen molar-refractivity contribution in [2.75, 3.05) is 4.72 Å². The Hall–Kier alpha value is -2.83. The smallest absolute Gasteiger partial charge is 0.263 e. The number of rotatable bonds is 6. The molecular formula is C24H25ClN2O3S. The number of hydrogen-bond acceptors (Lipinski definition) is 3. The summed E-state index contributed by atoms with van der Waals surface area (Å²) in [4.78, 5) is 12.6. The van der Waals surface area contributed by atoms with E-state index in [-0.39, 0.29) is 27.4 Å². The fourth-order valence-corrected chi connectivity index (χ4v) is 4.66. The molecule has 162 valence electrons. The minimum Gasteiger partial charge on any atom is -0.346 e. The Morgan fingerprint density at radius 2 is 1.58 bits per heavy atom. The summed E-state index contributed by atoms with van der Waals surface area (Å²) in [5.41, 5.74) is 4.75. The lowest BCUT2D eigenvalue weighted by atomic mass is 10.1. The van der Waals surface area contributed by atoms with Crippen molar-refractivity contribution in [1.29, 1.82) is 0 Å². The van der Waals surface area contributed by atoms with Crippen molar-refractivity contribution in [1.82, 2.24) is 5.32 Å². The van der Waals surface area contributed by atoms with Crippen LogP contribution in [0.15, 0.2) is 65.6 Å². The molecule has 0 heterocycles. The Kier molecular flexibility index (Phi) is 6.72. The van der Waals surface area contributed by atoms with Gasteiger partial charge in [0.15, 0.2) is 0 Å². The molecule has 0 aromatic heterocycles.